The fraction of sp³-hybridized carbons (Fsp3) is 0.438. The SMILES string of the molecule is CCn1nc(C)c(S(=O)(=O)Nc2cccc3c2OCCC3O)c1C. The molecule has 1 aromatic heterocycles. The van der Waals surface area contributed by atoms with Crippen molar-refractivity contribution in [2.75, 3.05) is 11.3 Å². The quantitative estimate of drug-likeness (QED) is 0.880. The Labute approximate surface area is 141 Å². The number of hydrogen-bond donors (Lipinski definition) is 2. The predicted octanol–water partition coefficient (Wildman–Crippen LogP) is 2.14. The average Bonchev–Trinajstić information content (AvgIpc) is 2.82. The molecule has 1 aliphatic heterocycles. The smallest absolute Gasteiger partial charge is 0.265 e. The van der Waals surface area contributed by atoms with Crippen LogP contribution in [0.1, 0.15) is 36.4 Å². The lowest BCUT2D eigenvalue weighted by Crippen LogP contribution is -2.19. The van der Waals surface area contributed by atoms with Gasteiger partial charge in [-0.3, -0.25) is 9.40 Å². The van der Waals surface area contributed by atoms with Gasteiger partial charge in [-0.25, -0.2) is 8.42 Å². The van der Waals surface area contributed by atoms with Gasteiger partial charge in [-0.15, -0.1) is 0 Å². The summed E-state index contributed by atoms with van der Waals surface area (Å²) in [6, 6.07) is 5.07. The zero-order valence-corrected chi connectivity index (χ0v) is 14.7. The number of ether oxygens (including phenoxy) is 1. The number of nitrogens with zero attached hydrogens (tertiary/aromatic N) is 2. The standard InChI is InChI=1S/C16H21N3O4S/c1-4-19-11(3)16(10(2)17-19)24(21,22)18-13-7-5-6-12-14(20)8-9-23-15(12)13/h5-7,14,18,20H,4,8-9H2,1-3H3. The lowest BCUT2D eigenvalue weighted by Gasteiger charge is -2.24. The highest BCUT2D eigenvalue weighted by molar-refractivity contribution is 7.92. The van der Waals surface area contributed by atoms with Gasteiger partial charge in [0.2, 0.25) is 0 Å². The normalized spacial score (nSPS) is 17.2. The van der Waals surface area contributed by atoms with Gasteiger partial charge in [-0.2, -0.15) is 5.10 Å². The Morgan fingerprint density at radius 3 is 2.83 bits per heavy atom. The first kappa shape index (κ1) is 16.8. The van der Waals surface area contributed by atoms with Gasteiger partial charge in [0.1, 0.15) is 10.6 Å². The molecule has 0 radical (unpaired) electrons. The van der Waals surface area contributed by atoms with Crippen LogP contribution in [-0.2, 0) is 16.6 Å². The number of aromatic nitrogens is 2. The molecule has 2 N–H and O–H groups in total. The van der Waals surface area contributed by atoms with E-state index in [2.05, 4.69) is 9.82 Å². The third-order valence-corrected chi connectivity index (χ3v) is 5.79. The minimum Gasteiger partial charge on any atom is -0.491 e. The van der Waals surface area contributed by atoms with Gasteiger partial charge >= 0.3 is 0 Å². The lowest BCUT2D eigenvalue weighted by molar-refractivity contribution is 0.116. The molecule has 8 heteroatoms. The van der Waals surface area contributed by atoms with E-state index in [9.17, 15) is 13.5 Å². The molecule has 24 heavy (non-hydrogen) atoms. The zero-order chi connectivity index (χ0) is 17.5. The molecule has 0 spiro atoms. The van der Waals surface area contributed by atoms with E-state index in [1.54, 1.807) is 36.7 Å². The monoisotopic (exact) mass is 351 g/mol. The summed E-state index contributed by atoms with van der Waals surface area (Å²) >= 11 is 0. The minimum absolute atomic E-state index is 0.179. The number of benzene rings is 1. The van der Waals surface area contributed by atoms with Crippen molar-refractivity contribution in [2.45, 2.75) is 44.7 Å². The van der Waals surface area contributed by atoms with Crippen molar-refractivity contribution < 1.29 is 18.3 Å². The number of anilines is 1. The van der Waals surface area contributed by atoms with Crippen molar-refractivity contribution in [3.05, 3.63) is 35.2 Å². The van der Waals surface area contributed by atoms with Crippen LogP contribution in [0.3, 0.4) is 0 Å². The van der Waals surface area contributed by atoms with Crippen molar-refractivity contribution in [2.24, 2.45) is 0 Å². The van der Waals surface area contributed by atoms with E-state index in [0.717, 1.165) is 0 Å². The number of nitrogens with one attached hydrogen (secondary N) is 1. The molecule has 1 aromatic carbocycles. The van der Waals surface area contributed by atoms with Gasteiger partial charge in [0.05, 0.1) is 29.8 Å². The molecule has 0 aliphatic carbocycles. The Morgan fingerprint density at radius 2 is 2.17 bits per heavy atom. The van der Waals surface area contributed by atoms with Gasteiger partial charge in [-0.05, 0) is 26.8 Å². The van der Waals surface area contributed by atoms with E-state index in [1.165, 1.54) is 0 Å². The van der Waals surface area contributed by atoms with E-state index in [1.807, 2.05) is 6.92 Å². The molecular formula is C16H21N3O4S. The average molecular weight is 351 g/mol. The van der Waals surface area contributed by atoms with Crippen LogP contribution in [0.5, 0.6) is 5.75 Å². The molecule has 0 saturated carbocycles. The van der Waals surface area contributed by atoms with Crippen LogP contribution >= 0.6 is 0 Å². The van der Waals surface area contributed by atoms with E-state index in [4.69, 9.17) is 4.74 Å². The van der Waals surface area contributed by atoms with Gasteiger partial charge < -0.3 is 9.84 Å². The zero-order valence-electron chi connectivity index (χ0n) is 13.9. The van der Waals surface area contributed by atoms with Crippen LogP contribution in [0, 0.1) is 13.8 Å². The van der Waals surface area contributed by atoms with E-state index in [0.29, 0.717) is 48.0 Å². The predicted molar refractivity (Wildman–Crippen MR) is 89.7 cm³/mol. The molecule has 1 unspecified atom stereocenters. The van der Waals surface area contributed by atoms with Crippen LogP contribution in [0.4, 0.5) is 5.69 Å². The van der Waals surface area contributed by atoms with E-state index in [-0.39, 0.29) is 4.90 Å². The molecule has 7 nitrogen and oxygen atoms in total. The Kier molecular flexibility index (Phi) is 4.27. The summed E-state index contributed by atoms with van der Waals surface area (Å²) in [5.41, 5.74) is 1.97. The second-order valence-electron chi connectivity index (χ2n) is 5.80. The maximum atomic E-state index is 12.9. The second kappa shape index (κ2) is 6.10. The first-order valence-corrected chi connectivity index (χ1v) is 9.34. The molecule has 2 heterocycles. The largest absolute Gasteiger partial charge is 0.491 e. The van der Waals surface area contributed by atoms with Gasteiger partial charge in [0, 0.05) is 18.5 Å². The first-order valence-electron chi connectivity index (χ1n) is 7.85. The van der Waals surface area contributed by atoms with Crippen LogP contribution in [0.25, 0.3) is 0 Å². The molecule has 2 aromatic rings. The van der Waals surface area contributed by atoms with Crippen LogP contribution in [-0.4, -0.2) is 29.9 Å². The maximum Gasteiger partial charge on any atom is 0.265 e. The molecule has 130 valence electrons. The van der Waals surface area contributed by atoms with Crippen LogP contribution in [0.2, 0.25) is 0 Å². The molecule has 0 amide bonds. The number of sulfonamides is 1. The van der Waals surface area contributed by atoms with Crippen LogP contribution in [0.15, 0.2) is 23.1 Å². The third-order valence-electron chi connectivity index (χ3n) is 4.17. The maximum absolute atomic E-state index is 12.9. The van der Waals surface area contributed by atoms with E-state index < -0.39 is 16.1 Å². The van der Waals surface area contributed by atoms with E-state index >= 15 is 0 Å². The van der Waals surface area contributed by atoms with Crippen molar-refractivity contribution in [3.63, 3.8) is 0 Å². The number of fused-ring (bicyclic) bond motifs is 1. The molecule has 1 aliphatic rings. The molecule has 0 fully saturated rings. The fourth-order valence-electron chi connectivity index (χ4n) is 3.06. The highest BCUT2D eigenvalue weighted by Gasteiger charge is 2.28. The molecular weight excluding hydrogens is 330 g/mol. The highest BCUT2D eigenvalue weighted by Crippen LogP contribution is 2.39. The van der Waals surface area contributed by atoms with Crippen molar-refractivity contribution in [1.82, 2.24) is 9.78 Å². The topological polar surface area (TPSA) is 93.5 Å². The number of hydrogen-bond acceptors (Lipinski definition) is 5. The molecule has 0 saturated heterocycles. The van der Waals surface area contributed by atoms with Crippen molar-refractivity contribution in [1.29, 1.82) is 0 Å². The number of para-hydroxylation sites is 1. The molecule has 1 atom stereocenters. The fourth-order valence-corrected chi connectivity index (χ4v) is 4.54. The van der Waals surface area contributed by atoms with Gasteiger partial charge in [0.25, 0.3) is 10.0 Å². The number of rotatable bonds is 4. The summed E-state index contributed by atoms with van der Waals surface area (Å²) < 4.78 is 35.5. The van der Waals surface area contributed by atoms with Gasteiger partial charge in [0.15, 0.2) is 0 Å². The minimum atomic E-state index is -3.81. The molecule has 0 bridgehead atoms. The number of aryl methyl sites for hydroxylation is 2. The summed E-state index contributed by atoms with van der Waals surface area (Å²) in [6.07, 6.45) is -0.158. The Balaban J connectivity index is 2.03. The Hall–Kier alpha value is -2.06. The summed E-state index contributed by atoms with van der Waals surface area (Å²) in [6.45, 7) is 6.26. The highest BCUT2D eigenvalue weighted by atomic mass is 32.2. The van der Waals surface area contributed by atoms with Crippen LogP contribution < -0.4 is 9.46 Å². The first-order chi connectivity index (χ1) is 11.3. The summed E-state index contributed by atoms with van der Waals surface area (Å²) in [5, 5.41) is 14.3. The molecule has 3 rings (SSSR count). The van der Waals surface area contributed by atoms with Crippen molar-refractivity contribution in [3.8, 4) is 5.75 Å². The summed E-state index contributed by atoms with van der Waals surface area (Å²) in [5.74, 6) is 0.387. The summed E-state index contributed by atoms with van der Waals surface area (Å²) in [4.78, 5) is 0.179. The third kappa shape index (κ3) is 2.76. The van der Waals surface area contributed by atoms with Gasteiger partial charge in [-0.1, -0.05) is 12.1 Å². The Bertz CT molecular complexity index is 874. The number of aliphatic hydroxyl groups is 1. The Morgan fingerprint density at radius 1 is 1.42 bits per heavy atom. The second-order valence-corrected chi connectivity index (χ2v) is 7.42. The van der Waals surface area contributed by atoms with Crippen molar-refractivity contribution >= 4 is 15.7 Å². The lowest BCUT2D eigenvalue weighted by atomic mass is 10.0. The summed E-state index contributed by atoms with van der Waals surface area (Å²) in [7, 11) is -3.81. The number of aliphatic hydroxyl groups excluding tert-OH is 1.